The van der Waals surface area contributed by atoms with Crippen molar-refractivity contribution in [2.45, 2.75) is 45.7 Å². The van der Waals surface area contributed by atoms with Crippen LogP contribution in [0, 0.1) is 6.92 Å². The van der Waals surface area contributed by atoms with Gasteiger partial charge in [-0.25, -0.2) is 9.97 Å². The second kappa shape index (κ2) is 5.45. The smallest absolute Gasteiger partial charge is 0.225 e. The predicted octanol–water partition coefficient (Wildman–Crippen LogP) is 1.88. The van der Waals surface area contributed by atoms with Crippen molar-refractivity contribution < 1.29 is 0 Å². The van der Waals surface area contributed by atoms with Gasteiger partial charge in [0, 0.05) is 31.9 Å². The van der Waals surface area contributed by atoms with E-state index in [9.17, 15) is 0 Å². The maximum atomic E-state index is 4.60. The Morgan fingerprint density at radius 3 is 2.82 bits per heavy atom. The van der Waals surface area contributed by atoms with E-state index in [0.29, 0.717) is 0 Å². The van der Waals surface area contributed by atoms with Gasteiger partial charge in [0.1, 0.15) is 0 Å². The highest BCUT2D eigenvalue weighted by molar-refractivity contribution is 5.31. The van der Waals surface area contributed by atoms with Crippen molar-refractivity contribution >= 4 is 5.95 Å². The zero-order valence-corrected chi connectivity index (χ0v) is 11.0. The summed E-state index contributed by atoms with van der Waals surface area (Å²) in [6, 6.07) is 2.79. The minimum atomic E-state index is 0.724. The molecule has 1 aliphatic rings. The molecule has 2 rings (SSSR count). The standard InChI is InChI=1S/C13H22N4/c1-4-7-17(3)13-15-10(2)8-12(16-13)9-14-11-5-6-11/h8,11,14H,4-7,9H2,1-3H3. The molecule has 0 bridgehead atoms. The van der Waals surface area contributed by atoms with E-state index in [1.165, 1.54) is 12.8 Å². The van der Waals surface area contributed by atoms with Crippen LogP contribution in [0.1, 0.15) is 37.6 Å². The highest BCUT2D eigenvalue weighted by Gasteiger charge is 2.20. The Morgan fingerprint density at radius 1 is 1.41 bits per heavy atom. The third-order valence-corrected chi connectivity index (χ3v) is 2.95. The third kappa shape index (κ3) is 3.66. The summed E-state index contributed by atoms with van der Waals surface area (Å²) >= 11 is 0. The first kappa shape index (κ1) is 12.3. The second-order valence-corrected chi connectivity index (χ2v) is 4.88. The lowest BCUT2D eigenvalue weighted by Crippen LogP contribution is -2.23. The van der Waals surface area contributed by atoms with Crippen LogP contribution < -0.4 is 10.2 Å². The SMILES string of the molecule is CCCN(C)c1nc(C)cc(CNC2CC2)n1. The summed E-state index contributed by atoms with van der Waals surface area (Å²) in [6.07, 6.45) is 3.74. The molecule has 0 saturated heterocycles. The zero-order valence-electron chi connectivity index (χ0n) is 11.0. The van der Waals surface area contributed by atoms with Crippen LogP contribution in [0.15, 0.2) is 6.07 Å². The summed E-state index contributed by atoms with van der Waals surface area (Å²) in [5, 5.41) is 3.49. The van der Waals surface area contributed by atoms with Gasteiger partial charge in [0.25, 0.3) is 0 Å². The number of aryl methyl sites for hydroxylation is 1. The molecule has 4 nitrogen and oxygen atoms in total. The molecule has 1 aliphatic carbocycles. The molecule has 1 aromatic heterocycles. The number of hydrogen-bond donors (Lipinski definition) is 1. The van der Waals surface area contributed by atoms with Crippen molar-refractivity contribution in [2.24, 2.45) is 0 Å². The maximum Gasteiger partial charge on any atom is 0.225 e. The van der Waals surface area contributed by atoms with Gasteiger partial charge >= 0.3 is 0 Å². The number of nitrogens with one attached hydrogen (secondary N) is 1. The number of rotatable bonds is 6. The molecule has 0 radical (unpaired) electrons. The van der Waals surface area contributed by atoms with Gasteiger partial charge in [0.2, 0.25) is 5.95 Å². The first-order valence-electron chi connectivity index (χ1n) is 6.48. The Balaban J connectivity index is 2.04. The number of hydrogen-bond acceptors (Lipinski definition) is 4. The van der Waals surface area contributed by atoms with Gasteiger partial charge in [-0.3, -0.25) is 0 Å². The molecule has 1 saturated carbocycles. The molecular weight excluding hydrogens is 212 g/mol. The van der Waals surface area contributed by atoms with Gasteiger partial charge in [-0.2, -0.15) is 0 Å². The average Bonchev–Trinajstić information content (AvgIpc) is 3.10. The molecule has 17 heavy (non-hydrogen) atoms. The Morgan fingerprint density at radius 2 is 2.18 bits per heavy atom. The fourth-order valence-corrected chi connectivity index (χ4v) is 1.85. The minimum absolute atomic E-state index is 0.724. The van der Waals surface area contributed by atoms with Crippen LogP contribution in [0.2, 0.25) is 0 Å². The van der Waals surface area contributed by atoms with Crippen molar-refractivity contribution in [3.8, 4) is 0 Å². The van der Waals surface area contributed by atoms with Crippen LogP contribution >= 0.6 is 0 Å². The van der Waals surface area contributed by atoms with Gasteiger partial charge < -0.3 is 10.2 Å². The molecule has 94 valence electrons. The number of nitrogens with zero attached hydrogens (tertiary/aromatic N) is 3. The van der Waals surface area contributed by atoms with Crippen molar-refractivity contribution in [1.82, 2.24) is 15.3 Å². The summed E-state index contributed by atoms with van der Waals surface area (Å²) in [5.74, 6) is 0.847. The molecule has 0 unspecified atom stereocenters. The predicted molar refractivity (Wildman–Crippen MR) is 70.2 cm³/mol. The molecule has 0 atom stereocenters. The van der Waals surface area contributed by atoms with Crippen LogP contribution in [0.3, 0.4) is 0 Å². The van der Waals surface area contributed by atoms with Crippen molar-refractivity contribution in [1.29, 1.82) is 0 Å². The summed E-state index contributed by atoms with van der Waals surface area (Å²) in [4.78, 5) is 11.2. The van der Waals surface area contributed by atoms with Crippen molar-refractivity contribution in [3.63, 3.8) is 0 Å². The van der Waals surface area contributed by atoms with Crippen LogP contribution in [-0.2, 0) is 6.54 Å². The monoisotopic (exact) mass is 234 g/mol. The van der Waals surface area contributed by atoms with Crippen LogP contribution in [0.4, 0.5) is 5.95 Å². The Labute approximate surface area is 103 Å². The summed E-state index contributed by atoms with van der Waals surface area (Å²) in [7, 11) is 2.05. The third-order valence-electron chi connectivity index (χ3n) is 2.95. The first-order chi connectivity index (χ1) is 8.19. The average molecular weight is 234 g/mol. The summed E-state index contributed by atoms with van der Waals surface area (Å²) in [5.41, 5.74) is 2.15. The van der Waals surface area contributed by atoms with Gasteiger partial charge in [-0.1, -0.05) is 6.92 Å². The van der Waals surface area contributed by atoms with E-state index in [-0.39, 0.29) is 0 Å². The Kier molecular flexibility index (Phi) is 3.94. The summed E-state index contributed by atoms with van der Waals surface area (Å²) < 4.78 is 0. The molecule has 1 fully saturated rings. The topological polar surface area (TPSA) is 41.1 Å². The van der Waals surface area contributed by atoms with Crippen LogP contribution in [0.25, 0.3) is 0 Å². The Bertz CT molecular complexity index is 374. The highest BCUT2D eigenvalue weighted by Crippen LogP contribution is 2.19. The zero-order chi connectivity index (χ0) is 12.3. The van der Waals surface area contributed by atoms with E-state index < -0.39 is 0 Å². The highest BCUT2D eigenvalue weighted by atomic mass is 15.2. The number of anilines is 1. The fraction of sp³-hybridized carbons (Fsp3) is 0.692. The van der Waals surface area contributed by atoms with Crippen LogP contribution in [0.5, 0.6) is 0 Å². The van der Waals surface area contributed by atoms with Crippen molar-refractivity contribution in [2.75, 3.05) is 18.5 Å². The lowest BCUT2D eigenvalue weighted by molar-refractivity contribution is 0.669. The van der Waals surface area contributed by atoms with Crippen LogP contribution in [-0.4, -0.2) is 29.6 Å². The normalized spacial score (nSPS) is 15.0. The molecule has 4 heteroatoms. The fourth-order valence-electron chi connectivity index (χ4n) is 1.85. The largest absolute Gasteiger partial charge is 0.344 e. The number of aromatic nitrogens is 2. The lowest BCUT2D eigenvalue weighted by Gasteiger charge is -2.17. The molecule has 0 aliphatic heterocycles. The minimum Gasteiger partial charge on any atom is -0.344 e. The molecule has 1 N–H and O–H groups in total. The van der Waals surface area contributed by atoms with E-state index in [0.717, 1.165) is 42.9 Å². The van der Waals surface area contributed by atoms with Gasteiger partial charge in [-0.05, 0) is 32.3 Å². The molecule has 0 spiro atoms. The summed E-state index contributed by atoms with van der Waals surface area (Å²) in [6.45, 7) is 6.06. The molecular formula is C13H22N4. The van der Waals surface area contributed by atoms with E-state index in [1.807, 2.05) is 6.92 Å². The van der Waals surface area contributed by atoms with Gasteiger partial charge in [-0.15, -0.1) is 0 Å². The van der Waals surface area contributed by atoms with E-state index >= 15 is 0 Å². The molecule has 0 aromatic carbocycles. The Hall–Kier alpha value is -1.16. The maximum absolute atomic E-state index is 4.60. The second-order valence-electron chi connectivity index (χ2n) is 4.88. The van der Waals surface area contributed by atoms with Gasteiger partial charge in [0.15, 0.2) is 0 Å². The molecule has 1 aromatic rings. The quantitative estimate of drug-likeness (QED) is 0.816. The first-order valence-corrected chi connectivity index (χ1v) is 6.48. The van der Waals surface area contributed by atoms with E-state index in [1.54, 1.807) is 0 Å². The molecule has 0 amide bonds. The van der Waals surface area contributed by atoms with Crippen molar-refractivity contribution in [3.05, 3.63) is 17.5 Å². The molecule has 1 heterocycles. The lowest BCUT2D eigenvalue weighted by atomic mass is 10.3. The van der Waals surface area contributed by atoms with E-state index in [2.05, 4.69) is 40.2 Å². The van der Waals surface area contributed by atoms with E-state index in [4.69, 9.17) is 0 Å². The van der Waals surface area contributed by atoms with Gasteiger partial charge in [0.05, 0.1) is 5.69 Å².